The van der Waals surface area contributed by atoms with Gasteiger partial charge in [0.2, 0.25) is 0 Å². The van der Waals surface area contributed by atoms with Gasteiger partial charge in [-0.05, 0) is 30.3 Å². The second-order valence-electron chi connectivity index (χ2n) is 4.40. The third kappa shape index (κ3) is 2.98. The molecule has 1 atom stereocenters. The number of carboxylic acid groups (broad SMARTS) is 1. The predicted octanol–water partition coefficient (Wildman–Crippen LogP) is 0.769. The monoisotopic (exact) mass is 321 g/mol. The number of carbonyl (C=O) groups excluding carboxylic acids is 3. The maximum atomic E-state index is 12.1. The number of non-ortho nitro benzene ring substituents is 1. The van der Waals surface area contributed by atoms with Gasteiger partial charge in [-0.1, -0.05) is 12.1 Å². The second-order valence-corrected chi connectivity index (χ2v) is 5.39. The van der Waals surface area contributed by atoms with Gasteiger partial charge in [0.1, 0.15) is 0 Å². The average Bonchev–Trinajstić information content (AvgIpc) is 2.73. The molecule has 1 saturated heterocycles. The van der Waals surface area contributed by atoms with E-state index in [2.05, 4.69) is 0 Å². The zero-order chi connectivity index (χ0) is 16.4. The lowest BCUT2D eigenvalue weighted by Crippen LogP contribution is -2.48. The van der Waals surface area contributed by atoms with Crippen molar-refractivity contribution in [1.82, 2.24) is 4.90 Å². The van der Waals surface area contributed by atoms with Crippen LogP contribution in [-0.4, -0.2) is 33.0 Å². The van der Waals surface area contributed by atoms with E-state index in [9.17, 15) is 29.6 Å². The first-order chi connectivity index (χ1) is 10.3. The number of nitrogens with zero attached hydrogens (tertiary/aromatic N) is 2. The van der Waals surface area contributed by atoms with Crippen LogP contribution in [0.5, 0.6) is 0 Å². The molecule has 0 N–H and O–H groups in total. The number of benzene rings is 1. The molecule has 2 amide bonds. The molecular formula is C13H9N2O6S-. The molecule has 0 saturated carbocycles. The fourth-order valence-corrected chi connectivity index (χ4v) is 2.71. The molecule has 0 aliphatic carbocycles. The third-order valence-electron chi connectivity index (χ3n) is 2.93. The van der Waals surface area contributed by atoms with Crippen LogP contribution in [0, 0.1) is 10.1 Å². The number of nitro groups is 1. The lowest BCUT2D eigenvalue weighted by molar-refractivity contribution is -0.384. The van der Waals surface area contributed by atoms with Crippen LogP contribution in [0.15, 0.2) is 29.2 Å². The van der Waals surface area contributed by atoms with Gasteiger partial charge in [0.05, 0.1) is 21.8 Å². The number of hydrogen-bond donors (Lipinski definition) is 0. The molecule has 22 heavy (non-hydrogen) atoms. The molecule has 2 rings (SSSR count). The summed E-state index contributed by atoms with van der Waals surface area (Å²) in [5.41, 5.74) is 0.205. The summed E-state index contributed by atoms with van der Waals surface area (Å²) < 4.78 is 0. The molecule has 114 valence electrons. The average molecular weight is 321 g/mol. The lowest BCUT2D eigenvalue weighted by atomic mass is 10.2. The van der Waals surface area contributed by atoms with E-state index in [0.29, 0.717) is 22.2 Å². The molecule has 1 fully saturated rings. The van der Waals surface area contributed by atoms with E-state index in [4.69, 9.17) is 0 Å². The van der Waals surface area contributed by atoms with Gasteiger partial charge in [0.25, 0.3) is 16.8 Å². The van der Waals surface area contributed by atoms with Gasteiger partial charge in [-0.2, -0.15) is 0 Å². The van der Waals surface area contributed by atoms with Gasteiger partial charge in [0.15, 0.2) is 0 Å². The van der Waals surface area contributed by atoms with Crippen LogP contribution in [0.2, 0.25) is 0 Å². The Hall–Kier alpha value is -2.68. The zero-order valence-corrected chi connectivity index (χ0v) is 12.0. The molecule has 1 aromatic rings. The van der Waals surface area contributed by atoms with Crippen molar-refractivity contribution in [3.05, 3.63) is 44.8 Å². The number of carbonyl (C=O) groups is 3. The molecule has 0 aromatic heterocycles. The van der Waals surface area contributed by atoms with Crippen LogP contribution < -0.4 is 5.11 Å². The number of amides is 2. The van der Waals surface area contributed by atoms with E-state index < -0.39 is 28.1 Å². The molecule has 0 spiro atoms. The number of aliphatic carboxylic acids is 1. The zero-order valence-electron chi connectivity index (χ0n) is 11.2. The summed E-state index contributed by atoms with van der Waals surface area (Å²) in [4.78, 5) is 45.3. The van der Waals surface area contributed by atoms with Crippen LogP contribution >= 0.6 is 11.8 Å². The largest absolute Gasteiger partial charge is 0.548 e. The van der Waals surface area contributed by atoms with Crippen molar-refractivity contribution in [3.8, 4) is 0 Å². The second kappa shape index (κ2) is 5.98. The Morgan fingerprint density at radius 1 is 1.41 bits per heavy atom. The Balaban J connectivity index is 2.32. The maximum absolute atomic E-state index is 12.1. The quantitative estimate of drug-likeness (QED) is 0.456. The number of imide groups is 1. The number of hydrogen-bond acceptors (Lipinski definition) is 7. The minimum absolute atomic E-state index is 0.00130. The van der Waals surface area contributed by atoms with E-state index >= 15 is 0 Å². The predicted molar refractivity (Wildman–Crippen MR) is 75.4 cm³/mol. The first-order valence-corrected chi connectivity index (χ1v) is 6.85. The molecule has 9 heteroatoms. The Morgan fingerprint density at radius 2 is 2.09 bits per heavy atom. The van der Waals surface area contributed by atoms with Crippen LogP contribution in [0.4, 0.5) is 10.5 Å². The third-order valence-corrected chi connectivity index (χ3v) is 3.81. The van der Waals surface area contributed by atoms with Gasteiger partial charge in [-0.3, -0.25) is 24.6 Å². The molecule has 0 radical (unpaired) electrons. The van der Waals surface area contributed by atoms with E-state index in [0.717, 1.165) is 0 Å². The highest BCUT2D eigenvalue weighted by molar-refractivity contribution is 8.18. The lowest BCUT2D eigenvalue weighted by Gasteiger charge is -2.21. The van der Waals surface area contributed by atoms with Gasteiger partial charge in [-0.25, -0.2) is 0 Å². The SMILES string of the molecule is C[C@@H](C(=O)[O-])N1C(=O)S/C(=C\c2cccc([N+](=O)[O-])c2)C1=O. The fraction of sp³-hybridized carbons (Fsp3) is 0.154. The van der Waals surface area contributed by atoms with Gasteiger partial charge >= 0.3 is 0 Å². The number of nitro benzene ring substituents is 1. The molecule has 1 heterocycles. The summed E-state index contributed by atoms with van der Waals surface area (Å²) in [5, 5.41) is 20.8. The van der Waals surface area contributed by atoms with E-state index in [1.807, 2.05) is 0 Å². The Kier molecular flexibility index (Phi) is 4.27. The minimum atomic E-state index is -1.54. The highest BCUT2D eigenvalue weighted by atomic mass is 32.2. The summed E-state index contributed by atoms with van der Waals surface area (Å²) in [5.74, 6) is -2.31. The van der Waals surface area contributed by atoms with Gasteiger partial charge < -0.3 is 9.90 Å². The smallest absolute Gasteiger partial charge is 0.294 e. The van der Waals surface area contributed by atoms with Crippen LogP contribution in [0.1, 0.15) is 12.5 Å². The first kappa shape index (κ1) is 15.7. The summed E-state index contributed by atoms with van der Waals surface area (Å²) in [7, 11) is 0. The summed E-state index contributed by atoms with van der Waals surface area (Å²) in [6.45, 7) is 1.17. The highest BCUT2D eigenvalue weighted by Crippen LogP contribution is 2.33. The Labute approximate surface area is 128 Å². The van der Waals surface area contributed by atoms with Crippen molar-refractivity contribution >= 4 is 40.6 Å². The molecular weight excluding hydrogens is 312 g/mol. The normalized spacial score (nSPS) is 17.9. The first-order valence-electron chi connectivity index (χ1n) is 6.03. The summed E-state index contributed by atoms with van der Waals surface area (Å²) >= 11 is 0.574. The molecule has 8 nitrogen and oxygen atoms in total. The van der Waals surface area contributed by atoms with Crippen molar-refractivity contribution in [2.45, 2.75) is 13.0 Å². The van der Waals surface area contributed by atoms with E-state index in [1.165, 1.54) is 37.3 Å². The summed E-state index contributed by atoms with van der Waals surface area (Å²) in [6, 6.07) is 4.13. The van der Waals surface area contributed by atoms with Crippen molar-refractivity contribution in [2.24, 2.45) is 0 Å². The van der Waals surface area contributed by atoms with E-state index in [1.54, 1.807) is 0 Å². The number of thioether (sulfide) groups is 1. The molecule has 1 aliphatic heterocycles. The Morgan fingerprint density at radius 3 is 2.68 bits per heavy atom. The molecule has 1 aromatic carbocycles. The fourth-order valence-electron chi connectivity index (χ4n) is 1.80. The summed E-state index contributed by atoms with van der Waals surface area (Å²) in [6.07, 6.45) is 1.31. The van der Waals surface area contributed by atoms with Crippen molar-refractivity contribution < 1.29 is 24.4 Å². The number of carboxylic acids is 1. The maximum Gasteiger partial charge on any atom is 0.294 e. The van der Waals surface area contributed by atoms with Crippen LogP contribution in [-0.2, 0) is 9.59 Å². The topological polar surface area (TPSA) is 121 Å². The standard InChI is InChI=1S/C13H10N2O6S/c1-7(12(17)18)14-11(16)10(22-13(14)19)6-8-3-2-4-9(5-8)15(20)21/h2-7H,1H3,(H,17,18)/p-1/b10-6-/t7-/m0/s1. The van der Waals surface area contributed by atoms with Crippen molar-refractivity contribution in [3.63, 3.8) is 0 Å². The van der Waals surface area contributed by atoms with Crippen molar-refractivity contribution in [2.75, 3.05) is 0 Å². The van der Waals surface area contributed by atoms with Crippen molar-refractivity contribution in [1.29, 1.82) is 0 Å². The molecule has 0 bridgehead atoms. The molecule has 0 unspecified atom stereocenters. The van der Waals surface area contributed by atoms with Gasteiger partial charge in [-0.15, -0.1) is 0 Å². The Bertz CT molecular complexity index is 714. The van der Waals surface area contributed by atoms with Crippen LogP contribution in [0.25, 0.3) is 6.08 Å². The van der Waals surface area contributed by atoms with Crippen LogP contribution in [0.3, 0.4) is 0 Å². The highest BCUT2D eigenvalue weighted by Gasteiger charge is 2.38. The van der Waals surface area contributed by atoms with E-state index in [-0.39, 0.29) is 10.6 Å². The molecule has 1 aliphatic rings. The minimum Gasteiger partial charge on any atom is -0.548 e. The van der Waals surface area contributed by atoms with Gasteiger partial charge in [0, 0.05) is 12.1 Å². The number of rotatable bonds is 4.